The maximum atomic E-state index is 5.75. The zero-order valence-electron chi connectivity index (χ0n) is 12.6. The minimum absolute atomic E-state index is 0.319. The first kappa shape index (κ1) is 17.3. The predicted molar refractivity (Wildman–Crippen MR) is 78.8 cm³/mol. The van der Waals surface area contributed by atoms with Crippen LogP contribution in [-0.2, 0) is 18.6 Å². The van der Waals surface area contributed by atoms with Crippen molar-refractivity contribution < 1.29 is 18.6 Å². The summed E-state index contributed by atoms with van der Waals surface area (Å²) in [7, 11) is -3.42. The molecule has 0 rings (SSSR count). The number of rotatable bonds is 8. The van der Waals surface area contributed by atoms with Gasteiger partial charge in [-0.25, -0.2) is 0 Å². The van der Waals surface area contributed by atoms with Crippen molar-refractivity contribution in [3.8, 4) is 0 Å². The molecular weight excluding hydrogens is 264 g/mol. The summed E-state index contributed by atoms with van der Waals surface area (Å²) in [4.78, 5) is 10.0. The van der Waals surface area contributed by atoms with E-state index in [1.807, 2.05) is 6.92 Å². The van der Waals surface area contributed by atoms with Crippen LogP contribution in [0.25, 0.3) is 0 Å². The lowest BCUT2D eigenvalue weighted by atomic mass is 10.5. The smallest absolute Gasteiger partial charge is 0.307 e. The van der Waals surface area contributed by atoms with E-state index in [0.29, 0.717) is 18.3 Å². The molecule has 106 valence electrons. The van der Waals surface area contributed by atoms with Crippen LogP contribution in [0.4, 0.5) is 0 Å². The highest BCUT2D eigenvalue weighted by Gasteiger charge is 2.21. The van der Waals surface area contributed by atoms with E-state index in [4.69, 9.17) is 18.6 Å². The molecule has 0 heterocycles. The molecule has 18 heavy (non-hydrogen) atoms. The van der Waals surface area contributed by atoms with Gasteiger partial charge in [0, 0.05) is 0 Å². The SMILES string of the molecule is C=C(/C=C(/OOCC)O[Si](C)(C)C)O[Si](C)(C)C. The van der Waals surface area contributed by atoms with Gasteiger partial charge in [-0.05, 0) is 46.2 Å². The van der Waals surface area contributed by atoms with Crippen molar-refractivity contribution in [3.63, 3.8) is 0 Å². The van der Waals surface area contributed by atoms with E-state index in [0.717, 1.165) is 0 Å². The molecule has 0 saturated carbocycles. The highest BCUT2D eigenvalue weighted by molar-refractivity contribution is 6.70. The highest BCUT2D eigenvalue weighted by atomic mass is 28.4. The van der Waals surface area contributed by atoms with Crippen molar-refractivity contribution in [2.24, 2.45) is 0 Å². The standard InChI is InChI=1S/C12H26O4Si2/c1-9-13-14-12(16-18(6,7)8)10-11(2)15-17(3,4)5/h10H,2,9H2,1,3-8H3/b12-10-. The fourth-order valence-corrected chi connectivity index (χ4v) is 2.59. The fraction of sp³-hybridized carbons (Fsp3) is 0.667. The van der Waals surface area contributed by atoms with Crippen molar-refractivity contribution in [2.75, 3.05) is 6.61 Å². The summed E-state index contributed by atoms with van der Waals surface area (Å²) in [6.45, 7) is 18.6. The van der Waals surface area contributed by atoms with Crippen molar-refractivity contribution in [2.45, 2.75) is 46.2 Å². The summed E-state index contributed by atoms with van der Waals surface area (Å²) in [6, 6.07) is 0. The van der Waals surface area contributed by atoms with Gasteiger partial charge in [-0.2, -0.15) is 4.89 Å². The Morgan fingerprint density at radius 2 is 1.50 bits per heavy atom. The Hall–Kier alpha value is -0.726. The highest BCUT2D eigenvalue weighted by Crippen LogP contribution is 2.16. The van der Waals surface area contributed by atoms with Gasteiger partial charge >= 0.3 is 5.95 Å². The quantitative estimate of drug-likeness (QED) is 0.222. The summed E-state index contributed by atoms with van der Waals surface area (Å²) in [5, 5.41) is 0. The second kappa shape index (κ2) is 7.01. The summed E-state index contributed by atoms with van der Waals surface area (Å²) >= 11 is 0. The molecule has 0 aliphatic heterocycles. The second-order valence-corrected chi connectivity index (χ2v) is 14.7. The van der Waals surface area contributed by atoms with E-state index < -0.39 is 16.6 Å². The molecule has 0 unspecified atom stereocenters. The monoisotopic (exact) mass is 290 g/mol. The maximum absolute atomic E-state index is 5.75. The average Bonchev–Trinajstić information content (AvgIpc) is 2.08. The van der Waals surface area contributed by atoms with E-state index in [1.165, 1.54) is 0 Å². The summed E-state index contributed by atoms with van der Waals surface area (Å²) < 4.78 is 11.5. The molecule has 0 aliphatic rings. The molecule has 0 fully saturated rings. The molecule has 6 heteroatoms. The lowest BCUT2D eigenvalue weighted by molar-refractivity contribution is -0.280. The fourth-order valence-electron chi connectivity index (χ4n) is 1.04. The van der Waals surface area contributed by atoms with Crippen LogP contribution in [0.1, 0.15) is 6.92 Å². The second-order valence-electron chi connectivity index (χ2n) is 5.85. The lowest BCUT2D eigenvalue weighted by Crippen LogP contribution is -2.27. The first-order valence-electron chi connectivity index (χ1n) is 6.11. The molecule has 0 aromatic heterocycles. The Kier molecular flexibility index (Phi) is 6.73. The molecule has 4 nitrogen and oxygen atoms in total. The van der Waals surface area contributed by atoms with Crippen LogP contribution in [0.15, 0.2) is 24.4 Å². The van der Waals surface area contributed by atoms with Gasteiger partial charge < -0.3 is 8.85 Å². The third-order valence-corrected chi connectivity index (χ3v) is 3.07. The molecule has 0 atom stereocenters. The van der Waals surface area contributed by atoms with Gasteiger partial charge in [0.2, 0.25) is 16.6 Å². The lowest BCUT2D eigenvalue weighted by Gasteiger charge is -2.22. The Morgan fingerprint density at radius 1 is 1.00 bits per heavy atom. The van der Waals surface area contributed by atoms with Crippen molar-refractivity contribution >= 4 is 16.6 Å². The summed E-state index contributed by atoms with van der Waals surface area (Å²) in [5.41, 5.74) is 0. The summed E-state index contributed by atoms with van der Waals surface area (Å²) in [5.74, 6) is 0.862. The molecule has 0 N–H and O–H groups in total. The molecule has 0 radical (unpaired) electrons. The minimum atomic E-state index is -1.75. The van der Waals surface area contributed by atoms with Gasteiger partial charge in [-0.1, -0.05) is 6.58 Å². The van der Waals surface area contributed by atoms with E-state index >= 15 is 0 Å². The Labute approximate surface area is 113 Å². The van der Waals surface area contributed by atoms with Crippen LogP contribution in [0.5, 0.6) is 0 Å². The van der Waals surface area contributed by atoms with Gasteiger partial charge in [0.15, 0.2) is 0 Å². The number of hydrogen-bond donors (Lipinski definition) is 0. The van der Waals surface area contributed by atoms with Crippen LogP contribution < -0.4 is 0 Å². The number of hydrogen-bond acceptors (Lipinski definition) is 4. The largest absolute Gasteiger partial charge is 0.545 e. The van der Waals surface area contributed by atoms with Gasteiger partial charge in [0.25, 0.3) is 0 Å². The number of allylic oxidation sites excluding steroid dienone is 1. The molecule has 0 amide bonds. The third-order valence-electron chi connectivity index (χ3n) is 1.38. The predicted octanol–water partition coefficient (Wildman–Crippen LogP) is 4.01. The molecule has 0 aromatic carbocycles. The molecule has 0 aromatic rings. The molecule has 0 spiro atoms. The minimum Gasteiger partial charge on any atom is -0.545 e. The topological polar surface area (TPSA) is 36.9 Å². The zero-order chi connectivity index (χ0) is 14.4. The Balaban J connectivity index is 4.67. The van der Waals surface area contributed by atoms with Gasteiger partial charge in [0.05, 0.1) is 12.7 Å². The Bertz CT molecular complexity index is 300. The van der Waals surface area contributed by atoms with Crippen molar-refractivity contribution in [3.05, 3.63) is 24.4 Å². The summed E-state index contributed by atoms with van der Waals surface area (Å²) in [6.07, 6.45) is 1.64. The molecular formula is C12H26O4Si2. The zero-order valence-corrected chi connectivity index (χ0v) is 14.6. The molecule has 0 bridgehead atoms. The van der Waals surface area contributed by atoms with Crippen LogP contribution in [-0.4, -0.2) is 23.2 Å². The first-order valence-corrected chi connectivity index (χ1v) is 12.9. The Morgan fingerprint density at radius 3 is 1.89 bits per heavy atom. The average molecular weight is 291 g/mol. The van der Waals surface area contributed by atoms with Crippen LogP contribution >= 0.6 is 0 Å². The van der Waals surface area contributed by atoms with Crippen LogP contribution in [0.3, 0.4) is 0 Å². The van der Waals surface area contributed by atoms with Crippen molar-refractivity contribution in [1.29, 1.82) is 0 Å². The maximum Gasteiger partial charge on any atom is 0.307 e. The molecule has 0 aliphatic carbocycles. The van der Waals surface area contributed by atoms with Gasteiger partial charge in [-0.3, -0.25) is 4.89 Å². The van der Waals surface area contributed by atoms with E-state index in [2.05, 4.69) is 45.9 Å². The van der Waals surface area contributed by atoms with Gasteiger partial charge in [-0.15, -0.1) is 0 Å². The third kappa shape index (κ3) is 10.4. The van der Waals surface area contributed by atoms with E-state index in [9.17, 15) is 0 Å². The van der Waals surface area contributed by atoms with E-state index in [1.54, 1.807) is 6.08 Å². The van der Waals surface area contributed by atoms with Crippen molar-refractivity contribution in [1.82, 2.24) is 0 Å². The van der Waals surface area contributed by atoms with Crippen LogP contribution in [0, 0.1) is 0 Å². The van der Waals surface area contributed by atoms with Gasteiger partial charge in [0.1, 0.15) is 5.76 Å². The van der Waals surface area contributed by atoms with Crippen LogP contribution in [0.2, 0.25) is 39.3 Å². The normalized spacial score (nSPS) is 13.2. The first-order chi connectivity index (χ1) is 8.03. The van der Waals surface area contributed by atoms with E-state index in [-0.39, 0.29) is 0 Å². The molecule has 0 saturated heterocycles.